The summed E-state index contributed by atoms with van der Waals surface area (Å²) >= 11 is 0. The Balaban J connectivity index is 1.69. The summed E-state index contributed by atoms with van der Waals surface area (Å²) < 4.78 is 0. The maximum absolute atomic E-state index is 12.9. The van der Waals surface area contributed by atoms with Crippen molar-refractivity contribution in [1.82, 2.24) is 15.2 Å². The summed E-state index contributed by atoms with van der Waals surface area (Å²) in [5, 5.41) is 2.89. The number of hydrogen-bond acceptors (Lipinski definition) is 3. The van der Waals surface area contributed by atoms with Gasteiger partial charge in [-0.1, -0.05) is 13.0 Å². The number of aromatic nitrogens is 1. The van der Waals surface area contributed by atoms with Crippen molar-refractivity contribution in [3.8, 4) is 0 Å². The maximum Gasteiger partial charge on any atom is 0.254 e. The van der Waals surface area contributed by atoms with Gasteiger partial charge in [0.1, 0.15) is 0 Å². The van der Waals surface area contributed by atoms with E-state index in [9.17, 15) is 9.59 Å². The molecule has 1 atom stereocenters. The van der Waals surface area contributed by atoms with Gasteiger partial charge in [0.2, 0.25) is 0 Å². The largest absolute Gasteiger partial charge is 0.348 e. The molecule has 0 spiro atoms. The number of carbonyl (C=O) groups excluding carboxylic acids is 2. The molecule has 0 aliphatic carbocycles. The zero-order valence-electron chi connectivity index (χ0n) is 15.1. The van der Waals surface area contributed by atoms with Crippen LogP contribution in [0.15, 0.2) is 48.8 Å². The zero-order valence-corrected chi connectivity index (χ0v) is 15.1. The summed E-state index contributed by atoms with van der Waals surface area (Å²) in [7, 11) is 0. The van der Waals surface area contributed by atoms with Crippen molar-refractivity contribution in [3.63, 3.8) is 0 Å². The fraction of sp³-hybridized carbons (Fsp3) is 0.381. The molecule has 1 fully saturated rings. The molecule has 2 heterocycles. The molecule has 1 aromatic heterocycles. The number of pyridine rings is 1. The Hall–Kier alpha value is -2.69. The highest BCUT2D eigenvalue weighted by Crippen LogP contribution is 2.22. The number of hydrogen-bond donors (Lipinski definition) is 1. The maximum atomic E-state index is 12.9. The van der Waals surface area contributed by atoms with Gasteiger partial charge >= 0.3 is 0 Å². The van der Waals surface area contributed by atoms with E-state index in [-0.39, 0.29) is 11.8 Å². The fourth-order valence-electron chi connectivity index (χ4n) is 3.44. The normalized spacial score (nSPS) is 17.0. The number of benzene rings is 1. The average molecular weight is 351 g/mol. The molecule has 5 heteroatoms. The Kier molecular flexibility index (Phi) is 6.00. The lowest BCUT2D eigenvalue weighted by atomic mass is 9.98. The van der Waals surface area contributed by atoms with Crippen molar-refractivity contribution >= 4 is 11.8 Å². The number of likely N-dealkylation sites (tertiary alicyclic amines) is 1. The molecular formula is C21H25N3O2. The first-order valence-electron chi connectivity index (χ1n) is 9.27. The van der Waals surface area contributed by atoms with Crippen LogP contribution in [0.1, 0.15) is 58.9 Å². The molecule has 136 valence electrons. The van der Waals surface area contributed by atoms with Crippen LogP contribution in [0.5, 0.6) is 0 Å². The first-order chi connectivity index (χ1) is 12.7. The summed E-state index contributed by atoms with van der Waals surface area (Å²) in [4.78, 5) is 31.3. The standard InChI is InChI=1S/C21H25N3O2/c1-2-19-8-3-4-13-24(19)21(26)18-7-5-6-17(14-18)20(25)23-15-16-9-11-22-12-10-16/h5-7,9-12,14,19H,2-4,8,13,15H2,1H3,(H,23,25). The van der Waals surface area contributed by atoms with E-state index >= 15 is 0 Å². The Labute approximate surface area is 154 Å². The molecule has 2 aromatic rings. The Bertz CT molecular complexity index is 761. The number of nitrogens with zero attached hydrogens (tertiary/aromatic N) is 2. The van der Waals surface area contributed by atoms with Crippen molar-refractivity contribution in [2.45, 2.75) is 45.2 Å². The summed E-state index contributed by atoms with van der Waals surface area (Å²) in [5.41, 5.74) is 2.08. The van der Waals surface area contributed by atoms with E-state index in [0.717, 1.165) is 31.4 Å². The number of rotatable bonds is 5. The van der Waals surface area contributed by atoms with Crippen LogP contribution in [0, 0.1) is 0 Å². The van der Waals surface area contributed by atoms with Crippen LogP contribution in [0.4, 0.5) is 0 Å². The first kappa shape index (κ1) is 18.1. The minimum absolute atomic E-state index is 0.0281. The zero-order chi connectivity index (χ0) is 18.4. The van der Waals surface area contributed by atoms with E-state index in [2.05, 4.69) is 17.2 Å². The van der Waals surface area contributed by atoms with Gasteiger partial charge < -0.3 is 10.2 Å². The molecule has 1 N–H and O–H groups in total. The molecular weight excluding hydrogens is 326 g/mol. The molecule has 2 amide bonds. The number of piperidine rings is 1. The van der Waals surface area contributed by atoms with Gasteiger partial charge in [0.05, 0.1) is 0 Å². The van der Waals surface area contributed by atoms with Crippen LogP contribution >= 0.6 is 0 Å². The summed E-state index contributed by atoms with van der Waals surface area (Å²) in [6.07, 6.45) is 7.66. The predicted molar refractivity (Wildman–Crippen MR) is 101 cm³/mol. The molecule has 1 aliphatic heterocycles. The third-order valence-corrected chi connectivity index (χ3v) is 4.93. The molecule has 26 heavy (non-hydrogen) atoms. The molecule has 3 rings (SSSR count). The molecule has 0 radical (unpaired) electrons. The van der Waals surface area contributed by atoms with Crippen molar-refractivity contribution in [2.75, 3.05) is 6.54 Å². The lowest BCUT2D eigenvalue weighted by molar-refractivity contribution is 0.0608. The minimum Gasteiger partial charge on any atom is -0.348 e. The molecule has 0 saturated carbocycles. The van der Waals surface area contributed by atoms with E-state index in [1.54, 1.807) is 36.7 Å². The van der Waals surface area contributed by atoms with Gasteiger partial charge in [-0.05, 0) is 61.6 Å². The molecule has 1 unspecified atom stereocenters. The van der Waals surface area contributed by atoms with Crippen LogP contribution in [0.3, 0.4) is 0 Å². The number of amides is 2. The average Bonchev–Trinajstić information content (AvgIpc) is 2.72. The highest BCUT2D eigenvalue weighted by Gasteiger charge is 2.26. The second-order valence-corrected chi connectivity index (χ2v) is 6.68. The van der Waals surface area contributed by atoms with E-state index in [4.69, 9.17) is 0 Å². The predicted octanol–water partition coefficient (Wildman–Crippen LogP) is 3.42. The van der Waals surface area contributed by atoms with Crippen LogP contribution < -0.4 is 5.32 Å². The topological polar surface area (TPSA) is 62.3 Å². The van der Waals surface area contributed by atoms with E-state index in [1.807, 2.05) is 17.0 Å². The molecule has 1 aromatic carbocycles. The fourth-order valence-corrected chi connectivity index (χ4v) is 3.44. The van der Waals surface area contributed by atoms with E-state index in [0.29, 0.717) is 23.7 Å². The molecule has 5 nitrogen and oxygen atoms in total. The van der Waals surface area contributed by atoms with Crippen molar-refractivity contribution in [3.05, 3.63) is 65.5 Å². The highest BCUT2D eigenvalue weighted by atomic mass is 16.2. The lowest BCUT2D eigenvalue weighted by Crippen LogP contribution is -2.43. The Morgan fingerprint density at radius 2 is 1.92 bits per heavy atom. The van der Waals surface area contributed by atoms with E-state index < -0.39 is 0 Å². The van der Waals surface area contributed by atoms with Crippen molar-refractivity contribution in [2.24, 2.45) is 0 Å². The van der Waals surface area contributed by atoms with Gasteiger partial charge in [-0.25, -0.2) is 0 Å². The van der Waals surface area contributed by atoms with Gasteiger partial charge in [0.15, 0.2) is 0 Å². The number of carbonyl (C=O) groups is 2. The third kappa shape index (κ3) is 4.28. The van der Waals surface area contributed by atoms with Crippen LogP contribution in [-0.4, -0.2) is 34.3 Å². The Morgan fingerprint density at radius 1 is 1.15 bits per heavy atom. The van der Waals surface area contributed by atoms with Crippen LogP contribution in [0.2, 0.25) is 0 Å². The second kappa shape index (κ2) is 8.61. The van der Waals surface area contributed by atoms with Gasteiger partial charge in [-0.3, -0.25) is 14.6 Å². The van der Waals surface area contributed by atoms with Crippen LogP contribution in [-0.2, 0) is 6.54 Å². The molecule has 1 saturated heterocycles. The summed E-state index contributed by atoms with van der Waals surface area (Å²) in [5.74, 6) is -0.150. The second-order valence-electron chi connectivity index (χ2n) is 6.68. The van der Waals surface area contributed by atoms with Crippen molar-refractivity contribution in [1.29, 1.82) is 0 Å². The first-order valence-corrected chi connectivity index (χ1v) is 9.27. The van der Waals surface area contributed by atoms with E-state index in [1.165, 1.54) is 6.42 Å². The van der Waals surface area contributed by atoms with Gasteiger partial charge in [-0.15, -0.1) is 0 Å². The monoisotopic (exact) mass is 351 g/mol. The Morgan fingerprint density at radius 3 is 2.69 bits per heavy atom. The van der Waals surface area contributed by atoms with Crippen molar-refractivity contribution < 1.29 is 9.59 Å². The molecule has 1 aliphatic rings. The highest BCUT2D eigenvalue weighted by molar-refractivity contribution is 5.99. The van der Waals surface area contributed by atoms with Gasteiger partial charge in [-0.2, -0.15) is 0 Å². The lowest BCUT2D eigenvalue weighted by Gasteiger charge is -2.35. The quantitative estimate of drug-likeness (QED) is 0.898. The third-order valence-electron chi connectivity index (χ3n) is 4.93. The van der Waals surface area contributed by atoms with Gasteiger partial charge in [0, 0.05) is 42.7 Å². The minimum atomic E-state index is -0.179. The SMILES string of the molecule is CCC1CCCCN1C(=O)c1cccc(C(=O)NCc2ccncc2)c1. The smallest absolute Gasteiger partial charge is 0.254 e. The van der Waals surface area contributed by atoms with Gasteiger partial charge in [0.25, 0.3) is 11.8 Å². The summed E-state index contributed by atoms with van der Waals surface area (Å²) in [6.45, 7) is 3.36. The van der Waals surface area contributed by atoms with Crippen LogP contribution in [0.25, 0.3) is 0 Å². The number of nitrogens with one attached hydrogen (secondary N) is 1. The summed E-state index contributed by atoms with van der Waals surface area (Å²) in [6, 6.07) is 11.0. The molecule has 0 bridgehead atoms.